The molecule has 0 bridgehead atoms. The van der Waals surface area contributed by atoms with Gasteiger partial charge in [0.2, 0.25) is 0 Å². The number of nitrogens with one attached hydrogen (secondary N) is 1. The van der Waals surface area contributed by atoms with Crippen LogP contribution in [0.2, 0.25) is 0 Å². The van der Waals surface area contributed by atoms with Crippen molar-refractivity contribution in [3.05, 3.63) is 18.2 Å². The summed E-state index contributed by atoms with van der Waals surface area (Å²) in [6.07, 6.45) is 0. The number of halogens is 3. The van der Waals surface area contributed by atoms with E-state index >= 15 is 0 Å². The molecular formula is C9H11F3N2OS. The largest absolute Gasteiger partial charge is 0.493 e. The average Bonchev–Trinajstić information content (AvgIpc) is 2.18. The van der Waals surface area contributed by atoms with E-state index in [0.29, 0.717) is 12.3 Å². The van der Waals surface area contributed by atoms with E-state index in [-0.39, 0.29) is 22.4 Å². The molecular weight excluding hydrogens is 241 g/mol. The van der Waals surface area contributed by atoms with Gasteiger partial charge in [0.05, 0.1) is 11.5 Å². The Labute approximate surface area is 95.1 Å². The smallest absolute Gasteiger partial charge is 0.446 e. The van der Waals surface area contributed by atoms with Crippen molar-refractivity contribution < 1.29 is 17.9 Å². The van der Waals surface area contributed by atoms with Crippen LogP contribution in [0.1, 0.15) is 6.92 Å². The van der Waals surface area contributed by atoms with Crippen LogP contribution >= 0.6 is 11.8 Å². The lowest BCUT2D eigenvalue weighted by Gasteiger charge is -2.12. The van der Waals surface area contributed by atoms with E-state index in [1.807, 2.05) is 0 Å². The highest BCUT2D eigenvalue weighted by molar-refractivity contribution is 8.00. The van der Waals surface area contributed by atoms with Crippen molar-refractivity contribution in [2.75, 3.05) is 12.0 Å². The fraction of sp³-hybridized carbons (Fsp3) is 0.333. The second kappa shape index (κ2) is 5.31. The van der Waals surface area contributed by atoms with Crippen molar-refractivity contribution in [1.29, 1.82) is 0 Å². The van der Waals surface area contributed by atoms with E-state index in [1.54, 1.807) is 13.0 Å². The van der Waals surface area contributed by atoms with Crippen molar-refractivity contribution in [3.8, 4) is 5.75 Å². The first-order chi connectivity index (χ1) is 7.46. The topological polar surface area (TPSA) is 47.3 Å². The average molecular weight is 252 g/mol. The number of nitrogen functional groups attached to an aromatic ring is 1. The molecule has 0 aliphatic rings. The number of hydrogen-bond donors (Lipinski definition) is 2. The number of rotatable bonds is 4. The molecule has 3 nitrogen and oxygen atoms in total. The lowest BCUT2D eigenvalue weighted by molar-refractivity contribution is -0.0329. The highest BCUT2D eigenvalue weighted by Gasteiger charge is 2.31. The minimum Gasteiger partial charge on any atom is -0.493 e. The molecule has 0 atom stereocenters. The second-order valence-corrected chi connectivity index (χ2v) is 3.89. The Hall–Kier alpha value is -1.08. The number of ether oxygens (including phenoxy) is 1. The van der Waals surface area contributed by atoms with E-state index in [1.165, 1.54) is 12.1 Å². The van der Waals surface area contributed by atoms with Crippen LogP contribution < -0.4 is 16.0 Å². The molecule has 1 aromatic carbocycles. The molecule has 0 spiro atoms. The first kappa shape index (κ1) is 13.0. The van der Waals surface area contributed by atoms with E-state index in [2.05, 4.69) is 5.43 Å². The molecule has 16 heavy (non-hydrogen) atoms. The van der Waals surface area contributed by atoms with Crippen LogP contribution in [-0.2, 0) is 0 Å². The number of nitrogens with two attached hydrogens (primary N) is 1. The van der Waals surface area contributed by atoms with Crippen molar-refractivity contribution in [3.63, 3.8) is 0 Å². The van der Waals surface area contributed by atoms with Crippen molar-refractivity contribution in [1.82, 2.24) is 0 Å². The fourth-order valence-electron chi connectivity index (χ4n) is 1.08. The van der Waals surface area contributed by atoms with Gasteiger partial charge in [0, 0.05) is 5.69 Å². The Balaban J connectivity index is 3.00. The molecule has 0 unspecified atom stereocenters. The van der Waals surface area contributed by atoms with E-state index in [9.17, 15) is 13.2 Å². The summed E-state index contributed by atoms with van der Waals surface area (Å²) >= 11 is -0.224. The maximum absolute atomic E-state index is 12.3. The minimum atomic E-state index is -4.35. The molecule has 1 aromatic rings. The summed E-state index contributed by atoms with van der Waals surface area (Å²) < 4.78 is 41.9. The third kappa shape index (κ3) is 3.82. The van der Waals surface area contributed by atoms with Gasteiger partial charge in [0.25, 0.3) is 0 Å². The van der Waals surface area contributed by atoms with E-state index < -0.39 is 5.51 Å². The summed E-state index contributed by atoms with van der Waals surface area (Å²) in [7, 11) is 0. The lowest BCUT2D eigenvalue weighted by atomic mass is 10.3. The molecule has 0 heterocycles. The number of anilines is 1. The summed E-state index contributed by atoms with van der Waals surface area (Å²) in [6, 6.07) is 4.29. The minimum absolute atomic E-state index is 0.00944. The first-order valence-corrected chi connectivity index (χ1v) is 5.27. The first-order valence-electron chi connectivity index (χ1n) is 4.45. The van der Waals surface area contributed by atoms with Crippen molar-refractivity contribution in [2.45, 2.75) is 17.3 Å². The predicted octanol–water partition coefficient (Wildman–Crippen LogP) is 2.98. The van der Waals surface area contributed by atoms with Gasteiger partial charge in [-0.3, -0.25) is 5.84 Å². The molecule has 90 valence electrons. The molecule has 0 saturated carbocycles. The third-order valence-electron chi connectivity index (χ3n) is 1.64. The SMILES string of the molecule is CCOc1ccc(NN)cc1SC(F)(F)F. The molecule has 0 aliphatic heterocycles. The monoisotopic (exact) mass is 252 g/mol. The summed E-state index contributed by atoms with van der Waals surface area (Å²) in [4.78, 5) is -0.00944. The second-order valence-electron chi connectivity index (χ2n) is 2.79. The molecule has 1 rings (SSSR count). The Kier molecular flexibility index (Phi) is 4.31. The van der Waals surface area contributed by atoms with Gasteiger partial charge < -0.3 is 10.2 Å². The highest BCUT2D eigenvalue weighted by Crippen LogP contribution is 2.42. The Morgan fingerprint density at radius 2 is 2.12 bits per heavy atom. The predicted molar refractivity (Wildman–Crippen MR) is 57.3 cm³/mol. The van der Waals surface area contributed by atoms with Gasteiger partial charge in [-0.2, -0.15) is 13.2 Å². The maximum atomic E-state index is 12.3. The van der Waals surface area contributed by atoms with Crippen LogP contribution in [0.5, 0.6) is 5.75 Å². The van der Waals surface area contributed by atoms with Gasteiger partial charge in [-0.25, -0.2) is 0 Å². The Morgan fingerprint density at radius 3 is 2.62 bits per heavy atom. The number of hydrogen-bond acceptors (Lipinski definition) is 4. The number of alkyl halides is 3. The molecule has 0 amide bonds. The summed E-state index contributed by atoms with van der Waals surface area (Å²) in [6.45, 7) is 2.01. The Bertz CT molecular complexity index is 357. The van der Waals surface area contributed by atoms with Crippen LogP contribution in [0.3, 0.4) is 0 Å². The quantitative estimate of drug-likeness (QED) is 0.491. The maximum Gasteiger partial charge on any atom is 0.446 e. The van der Waals surface area contributed by atoms with Crippen LogP contribution in [0.25, 0.3) is 0 Å². The highest BCUT2D eigenvalue weighted by atomic mass is 32.2. The molecule has 0 fully saturated rings. The summed E-state index contributed by atoms with van der Waals surface area (Å²) in [5.41, 5.74) is -1.66. The lowest BCUT2D eigenvalue weighted by Crippen LogP contribution is -2.07. The van der Waals surface area contributed by atoms with Gasteiger partial charge in [-0.1, -0.05) is 0 Å². The fourth-order valence-corrected chi connectivity index (χ4v) is 1.74. The Morgan fingerprint density at radius 1 is 1.44 bits per heavy atom. The zero-order chi connectivity index (χ0) is 12.2. The molecule has 0 radical (unpaired) electrons. The number of benzene rings is 1. The zero-order valence-electron chi connectivity index (χ0n) is 8.47. The normalized spacial score (nSPS) is 11.3. The molecule has 0 aliphatic carbocycles. The third-order valence-corrected chi connectivity index (χ3v) is 2.41. The summed E-state index contributed by atoms with van der Waals surface area (Å²) in [5, 5.41) is 0. The molecule has 3 N–H and O–H groups in total. The van der Waals surface area contributed by atoms with Crippen LogP contribution in [0, 0.1) is 0 Å². The number of hydrazine groups is 1. The van der Waals surface area contributed by atoms with Crippen LogP contribution in [0.15, 0.2) is 23.1 Å². The van der Waals surface area contributed by atoms with E-state index in [4.69, 9.17) is 10.6 Å². The molecule has 0 saturated heterocycles. The molecule has 0 aromatic heterocycles. The van der Waals surface area contributed by atoms with Gasteiger partial charge in [0.15, 0.2) is 0 Å². The standard InChI is InChI=1S/C9H11F3N2OS/c1-2-15-7-4-3-6(14-13)5-8(7)16-9(10,11)12/h3-5,14H,2,13H2,1H3. The van der Waals surface area contributed by atoms with E-state index in [0.717, 1.165) is 0 Å². The van der Waals surface area contributed by atoms with Crippen LogP contribution in [0.4, 0.5) is 18.9 Å². The van der Waals surface area contributed by atoms with Crippen molar-refractivity contribution in [2.24, 2.45) is 5.84 Å². The van der Waals surface area contributed by atoms with Gasteiger partial charge in [-0.15, -0.1) is 0 Å². The van der Waals surface area contributed by atoms with Gasteiger partial charge >= 0.3 is 5.51 Å². The van der Waals surface area contributed by atoms with Crippen molar-refractivity contribution >= 4 is 17.4 Å². The number of thioether (sulfide) groups is 1. The van der Waals surface area contributed by atoms with Gasteiger partial charge in [-0.05, 0) is 36.9 Å². The van der Waals surface area contributed by atoms with Gasteiger partial charge in [0.1, 0.15) is 5.75 Å². The molecule has 7 heteroatoms. The van der Waals surface area contributed by atoms with Crippen LogP contribution in [-0.4, -0.2) is 12.1 Å². The zero-order valence-corrected chi connectivity index (χ0v) is 9.28. The summed E-state index contributed by atoms with van der Waals surface area (Å²) in [5.74, 6) is 5.32.